The van der Waals surface area contributed by atoms with Gasteiger partial charge in [-0.2, -0.15) is 0 Å². The number of ether oxygens (including phenoxy) is 2. The van der Waals surface area contributed by atoms with E-state index in [-0.39, 0.29) is 11.5 Å². The first kappa shape index (κ1) is 22.7. The summed E-state index contributed by atoms with van der Waals surface area (Å²) in [5.74, 6) is 2.28. The van der Waals surface area contributed by atoms with Gasteiger partial charge in [-0.05, 0) is 78.4 Å². The zero-order valence-corrected chi connectivity index (χ0v) is 19.0. The smallest absolute Gasteiger partial charge is 0.185 e. The van der Waals surface area contributed by atoms with Gasteiger partial charge in [0.1, 0.15) is 23.9 Å². The quantitative estimate of drug-likeness (QED) is 0.304. The molecule has 4 rings (SSSR count). The van der Waals surface area contributed by atoms with Gasteiger partial charge in [-0.3, -0.25) is 4.79 Å². The number of phenolic OH excluding ortho intramolecular Hbond substituents is 1. The van der Waals surface area contributed by atoms with Gasteiger partial charge < -0.3 is 14.6 Å². The third-order valence-corrected chi connectivity index (χ3v) is 6.23. The van der Waals surface area contributed by atoms with Gasteiger partial charge >= 0.3 is 0 Å². The van der Waals surface area contributed by atoms with Crippen LogP contribution >= 0.6 is 0 Å². The fourth-order valence-corrected chi connectivity index (χ4v) is 4.43. The van der Waals surface area contributed by atoms with Crippen LogP contribution in [0.5, 0.6) is 17.2 Å². The Morgan fingerprint density at radius 1 is 0.970 bits per heavy atom. The molecule has 4 nitrogen and oxygen atoms in total. The Labute approximate surface area is 195 Å². The molecule has 170 valence electrons. The maximum atomic E-state index is 12.4. The fourth-order valence-electron chi connectivity index (χ4n) is 4.43. The normalized spacial score (nSPS) is 14.3. The molecule has 0 unspecified atom stereocenters. The molecule has 3 aromatic rings. The number of phenols is 1. The van der Waals surface area contributed by atoms with E-state index in [1.807, 2.05) is 24.3 Å². The van der Waals surface area contributed by atoms with E-state index in [2.05, 4.69) is 18.2 Å². The minimum absolute atomic E-state index is 0.120. The predicted molar refractivity (Wildman–Crippen MR) is 131 cm³/mol. The number of para-hydroxylation sites is 1. The van der Waals surface area contributed by atoms with Gasteiger partial charge in [0.15, 0.2) is 5.78 Å². The molecule has 0 atom stereocenters. The molecule has 33 heavy (non-hydrogen) atoms. The molecule has 1 aliphatic carbocycles. The van der Waals surface area contributed by atoms with Crippen molar-refractivity contribution in [2.45, 2.75) is 44.6 Å². The Morgan fingerprint density at radius 2 is 1.73 bits per heavy atom. The zero-order valence-electron chi connectivity index (χ0n) is 19.0. The molecule has 4 heteroatoms. The van der Waals surface area contributed by atoms with Crippen molar-refractivity contribution in [1.82, 2.24) is 0 Å². The summed E-state index contributed by atoms with van der Waals surface area (Å²) >= 11 is 0. The van der Waals surface area contributed by atoms with Crippen LogP contribution in [-0.4, -0.2) is 18.0 Å². The molecule has 1 saturated carbocycles. The van der Waals surface area contributed by atoms with Crippen LogP contribution < -0.4 is 9.47 Å². The van der Waals surface area contributed by atoms with Gasteiger partial charge in [0.05, 0.1) is 7.11 Å². The Hall–Kier alpha value is -3.53. The Bertz CT molecular complexity index is 1110. The maximum Gasteiger partial charge on any atom is 0.185 e. The first-order valence-corrected chi connectivity index (χ1v) is 11.5. The van der Waals surface area contributed by atoms with E-state index in [1.54, 1.807) is 25.3 Å². The zero-order chi connectivity index (χ0) is 23.0. The second kappa shape index (κ2) is 10.9. The molecular weight excluding hydrogens is 412 g/mol. The van der Waals surface area contributed by atoms with Gasteiger partial charge in [-0.25, -0.2) is 0 Å². The van der Waals surface area contributed by atoms with Crippen molar-refractivity contribution in [3.8, 4) is 17.2 Å². The maximum absolute atomic E-state index is 12.4. The highest BCUT2D eigenvalue weighted by atomic mass is 16.5. The van der Waals surface area contributed by atoms with E-state index >= 15 is 0 Å². The van der Waals surface area contributed by atoms with Gasteiger partial charge in [0.25, 0.3) is 0 Å². The molecule has 0 aromatic heterocycles. The molecule has 0 bridgehead atoms. The van der Waals surface area contributed by atoms with E-state index in [4.69, 9.17) is 9.47 Å². The number of carbonyl (C=O) groups is 1. The average molecular weight is 443 g/mol. The van der Waals surface area contributed by atoms with Gasteiger partial charge in [-0.15, -0.1) is 0 Å². The summed E-state index contributed by atoms with van der Waals surface area (Å²) in [7, 11) is 1.65. The molecule has 3 aromatic carbocycles. The summed E-state index contributed by atoms with van der Waals surface area (Å²) in [6, 6.07) is 20.4. The first-order chi connectivity index (χ1) is 16.1. The summed E-state index contributed by atoms with van der Waals surface area (Å²) in [6.45, 7) is 0.389. The number of aromatic hydroxyl groups is 1. The Balaban J connectivity index is 1.49. The standard InChI is InChI=1S/C29H30O4/c1-32-28-18-12-21(11-17-27(31)23-13-15-25(30)16-14-23)19-24(28)20-33-29-10-6-5-9-26(29)22-7-3-2-4-8-22/h5-6,9-19,22,30H,2-4,7-8,20H2,1H3. The summed E-state index contributed by atoms with van der Waals surface area (Å²) in [5.41, 5.74) is 3.64. The molecule has 0 heterocycles. The molecule has 0 amide bonds. The summed E-state index contributed by atoms with van der Waals surface area (Å²) in [5, 5.41) is 9.40. The predicted octanol–water partition coefficient (Wildman–Crippen LogP) is 6.92. The van der Waals surface area contributed by atoms with Crippen LogP contribution in [0.3, 0.4) is 0 Å². The van der Waals surface area contributed by atoms with Crippen LogP contribution in [0.1, 0.15) is 65.1 Å². The largest absolute Gasteiger partial charge is 0.508 e. The number of hydrogen-bond acceptors (Lipinski definition) is 4. The third-order valence-electron chi connectivity index (χ3n) is 6.23. The van der Waals surface area contributed by atoms with Crippen molar-refractivity contribution >= 4 is 11.9 Å². The molecule has 1 N–H and O–H groups in total. The van der Waals surface area contributed by atoms with Crippen LogP contribution in [0.2, 0.25) is 0 Å². The number of rotatable bonds is 8. The van der Waals surface area contributed by atoms with E-state index in [1.165, 1.54) is 55.9 Å². The lowest BCUT2D eigenvalue weighted by atomic mass is 9.84. The van der Waals surface area contributed by atoms with Gasteiger partial charge in [0, 0.05) is 11.1 Å². The van der Waals surface area contributed by atoms with E-state index in [0.717, 1.165) is 22.6 Å². The number of benzene rings is 3. The van der Waals surface area contributed by atoms with Gasteiger partial charge in [0.2, 0.25) is 0 Å². The molecular formula is C29H30O4. The number of methoxy groups -OCH3 is 1. The molecule has 0 spiro atoms. The van der Waals surface area contributed by atoms with E-state index in [0.29, 0.717) is 18.1 Å². The number of carbonyl (C=O) groups excluding carboxylic acids is 1. The lowest BCUT2D eigenvalue weighted by molar-refractivity contribution is 0.104. The Kier molecular flexibility index (Phi) is 7.46. The third kappa shape index (κ3) is 5.83. The van der Waals surface area contributed by atoms with Crippen molar-refractivity contribution in [1.29, 1.82) is 0 Å². The van der Waals surface area contributed by atoms with Crippen molar-refractivity contribution in [3.05, 3.63) is 95.1 Å². The van der Waals surface area contributed by atoms with Crippen molar-refractivity contribution in [2.24, 2.45) is 0 Å². The van der Waals surface area contributed by atoms with Crippen molar-refractivity contribution in [2.75, 3.05) is 7.11 Å². The van der Waals surface area contributed by atoms with Crippen LogP contribution in [0.15, 0.2) is 72.8 Å². The number of ketones is 1. The topological polar surface area (TPSA) is 55.8 Å². The molecule has 1 aliphatic rings. The lowest BCUT2D eigenvalue weighted by Gasteiger charge is -2.24. The first-order valence-electron chi connectivity index (χ1n) is 11.5. The lowest BCUT2D eigenvalue weighted by Crippen LogP contribution is -2.07. The van der Waals surface area contributed by atoms with E-state index in [9.17, 15) is 9.90 Å². The fraction of sp³-hybridized carbons (Fsp3) is 0.276. The minimum atomic E-state index is -0.120. The molecule has 0 radical (unpaired) electrons. The summed E-state index contributed by atoms with van der Waals surface area (Å²) < 4.78 is 11.8. The van der Waals surface area contributed by atoms with Crippen LogP contribution in [-0.2, 0) is 6.61 Å². The monoisotopic (exact) mass is 442 g/mol. The van der Waals surface area contributed by atoms with Crippen LogP contribution in [0, 0.1) is 0 Å². The average Bonchev–Trinajstić information content (AvgIpc) is 2.87. The Morgan fingerprint density at radius 3 is 2.48 bits per heavy atom. The molecule has 0 aliphatic heterocycles. The SMILES string of the molecule is COc1ccc(C=CC(=O)c2ccc(O)cc2)cc1COc1ccccc1C1CCCCC1. The second-order valence-corrected chi connectivity index (χ2v) is 8.48. The van der Waals surface area contributed by atoms with Crippen LogP contribution in [0.4, 0.5) is 0 Å². The van der Waals surface area contributed by atoms with Crippen molar-refractivity contribution in [3.63, 3.8) is 0 Å². The number of allylic oxidation sites excluding steroid dienone is 1. The highest BCUT2D eigenvalue weighted by molar-refractivity contribution is 6.06. The van der Waals surface area contributed by atoms with Gasteiger partial charge in [-0.1, -0.05) is 49.6 Å². The summed E-state index contributed by atoms with van der Waals surface area (Å²) in [6.07, 6.45) is 9.66. The second-order valence-electron chi connectivity index (χ2n) is 8.48. The minimum Gasteiger partial charge on any atom is -0.508 e. The van der Waals surface area contributed by atoms with Crippen LogP contribution in [0.25, 0.3) is 6.08 Å². The van der Waals surface area contributed by atoms with Crippen molar-refractivity contribution < 1.29 is 19.4 Å². The van der Waals surface area contributed by atoms with E-state index < -0.39 is 0 Å². The highest BCUT2D eigenvalue weighted by Gasteiger charge is 2.19. The summed E-state index contributed by atoms with van der Waals surface area (Å²) in [4.78, 5) is 12.4. The molecule has 1 fully saturated rings. The molecule has 0 saturated heterocycles. The highest BCUT2D eigenvalue weighted by Crippen LogP contribution is 2.37. The number of hydrogen-bond donors (Lipinski definition) is 1.